The Morgan fingerprint density at radius 3 is 2.53 bits per heavy atom. The summed E-state index contributed by atoms with van der Waals surface area (Å²) in [5.74, 6) is -2.54. The monoisotopic (exact) mass is 282 g/mol. The molecule has 0 aromatic rings. The molecule has 1 heterocycles. The molecule has 5 nitrogen and oxygen atoms in total. The van der Waals surface area contributed by atoms with E-state index in [-0.39, 0.29) is 25.9 Å². The topological polar surface area (TPSA) is 78.4 Å². The smallest absolute Gasteiger partial charge is 0.404 e. The third kappa shape index (κ3) is 3.59. The second kappa shape index (κ2) is 5.77. The van der Waals surface area contributed by atoms with Crippen LogP contribution in [0, 0.1) is 11.3 Å². The van der Waals surface area contributed by atoms with Crippen molar-refractivity contribution in [1.29, 1.82) is 0 Å². The van der Waals surface area contributed by atoms with E-state index in [0.29, 0.717) is 0 Å². The van der Waals surface area contributed by atoms with Crippen LogP contribution in [-0.2, 0) is 9.59 Å². The molecule has 0 aliphatic carbocycles. The van der Waals surface area contributed by atoms with E-state index in [1.807, 2.05) is 0 Å². The van der Waals surface area contributed by atoms with Crippen LogP contribution in [-0.4, -0.2) is 42.8 Å². The number of halogens is 3. The largest absolute Gasteiger partial charge is 0.481 e. The van der Waals surface area contributed by atoms with Crippen LogP contribution in [0.25, 0.3) is 0 Å². The molecule has 1 aliphatic heterocycles. The Morgan fingerprint density at radius 2 is 2.11 bits per heavy atom. The van der Waals surface area contributed by atoms with Crippen LogP contribution in [0.3, 0.4) is 0 Å². The van der Waals surface area contributed by atoms with Crippen LogP contribution >= 0.6 is 0 Å². The van der Waals surface area contributed by atoms with Crippen molar-refractivity contribution in [2.45, 2.75) is 25.9 Å². The van der Waals surface area contributed by atoms with Gasteiger partial charge in [0, 0.05) is 19.5 Å². The second-order valence-electron chi connectivity index (χ2n) is 4.92. The summed E-state index contributed by atoms with van der Waals surface area (Å²) in [7, 11) is 0. The number of carbonyl (C=O) groups is 2. The number of hydrogen-bond donors (Lipinski definition) is 3. The Labute approximate surface area is 108 Å². The number of nitrogens with one attached hydrogen (secondary N) is 2. The SMILES string of the molecule is CC(CNC(=O)C1(C(F)(F)F)CCNC1)CC(=O)O. The first-order valence-corrected chi connectivity index (χ1v) is 5.96. The van der Waals surface area contributed by atoms with E-state index in [2.05, 4.69) is 10.6 Å². The highest BCUT2D eigenvalue weighted by Crippen LogP contribution is 2.43. The fourth-order valence-corrected chi connectivity index (χ4v) is 2.06. The van der Waals surface area contributed by atoms with E-state index in [1.54, 1.807) is 6.92 Å². The lowest BCUT2D eigenvalue weighted by Crippen LogP contribution is -2.52. The van der Waals surface area contributed by atoms with E-state index < -0.39 is 35.9 Å². The fraction of sp³-hybridized carbons (Fsp3) is 0.818. The van der Waals surface area contributed by atoms with Crippen molar-refractivity contribution in [3.8, 4) is 0 Å². The molecule has 0 radical (unpaired) electrons. The highest BCUT2D eigenvalue weighted by Gasteiger charge is 2.61. The Morgan fingerprint density at radius 1 is 1.47 bits per heavy atom. The number of rotatable bonds is 5. The molecule has 8 heteroatoms. The van der Waals surface area contributed by atoms with Gasteiger partial charge in [0.1, 0.15) is 0 Å². The number of hydrogen-bond acceptors (Lipinski definition) is 3. The number of amides is 1. The van der Waals surface area contributed by atoms with Crippen LogP contribution < -0.4 is 10.6 Å². The fourth-order valence-electron chi connectivity index (χ4n) is 2.06. The summed E-state index contributed by atoms with van der Waals surface area (Å²) in [4.78, 5) is 22.2. The minimum Gasteiger partial charge on any atom is -0.481 e. The Bertz CT molecular complexity index is 352. The molecule has 2 unspecified atom stereocenters. The van der Waals surface area contributed by atoms with Crippen molar-refractivity contribution < 1.29 is 27.9 Å². The molecule has 0 aromatic carbocycles. The lowest BCUT2D eigenvalue weighted by molar-refractivity contribution is -0.216. The Balaban J connectivity index is 2.62. The summed E-state index contributed by atoms with van der Waals surface area (Å²) >= 11 is 0. The van der Waals surface area contributed by atoms with E-state index in [0.717, 1.165) is 0 Å². The summed E-state index contributed by atoms with van der Waals surface area (Å²) < 4.78 is 39.0. The third-order valence-electron chi connectivity index (χ3n) is 3.27. The van der Waals surface area contributed by atoms with E-state index in [4.69, 9.17) is 5.11 Å². The van der Waals surface area contributed by atoms with Crippen molar-refractivity contribution in [2.75, 3.05) is 19.6 Å². The van der Waals surface area contributed by atoms with Crippen molar-refractivity contribution in [3.63, 3.8) is 0 Å². The number of carbonyl (C=O) groups excluding carboxylic acids is 1. The van der Waals surface area contributed by atoms with Crippen molar-refractivity contribution in [1.82, 2.24) is 10.6 Å². The van der Waals surface area contributed by atoms with Gasteiger partial charge in [0.25, 0.3) is 0 Å². The van der Waals surface area contributed by atoms with Gasteiger partial charge in [0.2, 0.25) is 5.91 Å². The molecule has 2 atom stereocenters. The summed E-state index contributed by atoms with van der Waals surface area (Å²) in [6, 6.07) is 0. The summed E-state index contributed by atoms with van der Waals surface area (Å²) in [5, 5.41) is 13.3. The van der Waals surface area contributed by atoms with Crippen LogP contribution in [0.4, 0.5) is 13.2 Å². The van der Waals surface area contributed by atoms with Crippen LogP contribution in [0.1, 0.15) is 19.8 Å². The van der Waals surface area contributed by atoms with E-state index in [1.165, 1.54) is 0 Å². The van der Waals surface area contributed by atoms with Crippen molar-refractivity contribution in [3.05, 3.63) is 0 Å². The van der Waals surface area contributed by atoms with E-state index >= 15 is 0 Å². The minimum absolute atomic E-state index is 0.0804. The number of aliphatic carboxylic acids is 1. The molecule has 0 spiro atoms. The molecule has 1 rings (SSSR count). The van der Waals surface area contributed by atoms with Gasteiger partial charge in [-0.15, -0.1) is 0 Å². The van der Waals surface area contributed by atoms with Crippen molar-refractivity contribution in [2.24, 2.45) is 11.3 Å². The predicted octanol–water partition coefficient (Wildman–Crippen LogP) is 0.755. The zero-order chi connectivity index (χ0) is 14.7. The molecule has 19 heavy (non-hydrogen) atoms. The van der Waals surface area contributed by atoms with Gasteiger partial charge in [-0.25, -0.2) is 0 Å². The molecule has 1 aliphatic rings. The van der Waals surface area contributed by atoms with Gasteiger partial charge in [-0.2, -0.15) is 13.2 Å². The first kappa shape index (κ1) is 15.7. The molecule has 1 saturated heterocycles. The average molecular weight is 282 g/mol. The summed E-state index contributed by atoms with van der Waals surface area (Å²) in [5.41, 5.74) is -2.39. The first-order chi connectivity index (χ1) is 8.69. The number of alkyl halides is 3. The summed E-state index contributed by atoms with van der Waals surface area (Å²) in [6.45, 7) is 1.18. The third-order valence-corrected chi connectivity index (χ3v) is 3.27. The lowest BCUT2D eigenvalue weighted by Gasteiger charge is -2.29. The molecule has 0 aromatic heterocycles. The molecule has 1 amide bonds. The molecule has 1 fully saturated rings. The molecule has 110 valence electrons. The molecular weight excluding hydrogens is 265 g/mol. The minimum atomic E-state index is -4.61. The molecule has 0 saturated carbocycles. The van der Waals surface area contributed by atoms with Crippen LogP contribution in [0.5, 0.6) is 0 Å². The number of carboxylic acid groups (broad SMARTS) is 1. The predicted molar refractivity (Wildman–Crippen MR) is 60.4 cm³/mol. The van der Waals surface area contributed by atoms with Gasteiger partial charge in [0.15, 0.2) is 5.41 Å². The Hall–Kier alpha value is -1.31. The first-order valence-electron chi connectivity index (χ1n) is 5.96. The molecule has 3 N–H and O–H groups in total. The van der Waals surface area contributed by atoms with Crippen LogP contribution in [0.2, 0.25) is 0 Å². The highest BCUT2D eigenvalue weighted by atomic mass is 19.4. The summed E-state index contributed by atoms with van der Waals surface area (Å²) in [6.07, 6.45) is -5.11. The van der Waals surface area contributed by atoms with Gasteiger partial charge in [-0.3, -0.25) is 9.59 Å². The quantitative estimate of drug-likeness (QED) is 0.695. The zero-order valence-electron chi connectivity index (χ0n) is 10.5. The highest BCUT2D eigenvalue weighted by molar-refractivity contribution is 5.84. The standard InChI is InChI=1S/C11H17F3N2O3/c1-7(4-8(17)18)5-16-9(19)10(11(12,13)14)2-3-15-6-10/h7,15H,2-6H2,1H3,(H,16,19)(H,17,18). The molecule has 0 bridgehead atoms. The lowest BCUT2D eigenvalue weighted by atomic mass is 9.85. The van der Waals surface area contributed by atoms with Gasteiger partial charge in [-0.05, 0) is 18.9 Å². The van der Waals surface area contributed by atoms with Crippen molar-refractivity contribution >= 4 is 11.9 Å². The van der Waals surface area contributed by atoms with Crippen LogP contribution in [0.15, 0.2) is 0 Å². The maximum Gasteiger partial charge on any atom is 0.404 e. The van der Waals surface area contributed by atoms with Gasteiger partial charge in [0.05, 0.1) is 0 Å². The van der Waals surface area contributed by atoms with Gasteiger partial charge in [-0.1, -0.05) is 6.92 Å². The maximum atomic E-state index is 13.0. The number of carboxylic acids is 1. The maximum absolute atomic E-state index is 13.0. The zero-order valence-corrected chi connectivity index (χ0v) is 10.5. The normalized spacial score (nSPS) is 25.1. The van der Waals surface area contributed by atoms with Gasteiger partial charge < -0.3 is 15.7 Å². The van der Waals surface area contributed by atoms with Gasteiger partial charge >= 0.3 is 12.1 Å². The molecular formula is C11H17F3N2O3. The van der Waals surface area contributed by atoms with E-state index in [9.17, 15) is 22.8 Å². The second-order valence-corrected chi connectivity index (χ2v) is 4.92. The average Bonchev–Trinajstić information content (AvgIpc) is 2.74. The Kier molecular flexibility index (Phi) is 4.78.